The molecule has 0 N–H and O–H groups in total. The summed E-state index contributed by atoms with van der Waals surface area (Å²) >= 11 is 0. The lowest BCUT2D eigenvalue weighted by Crippen LogP contribution is -2.35. The van der Waals surface area contributed by atoms with E-state index in [-0.39, 0.29) is 12.4 Å². The Hall–Kier alpha value is -2.14. The molecule has 1 saturated carbocycles. The minimum Gasteiger partial charge on any atom is -0.434 e. The Morgan fingerprint density at radius 1 is 1.29 bits per heavy atom. The van der Waals surface area contributed by atoms with E-state index < -0.39 is 11.6 Å². The second-order valence-electron chi connectivity index (χ2n) is 8.11. The molecular weight excluding hydrogens is 356 g/mol. The zero-order chi connectivity index (χ0) is 20.3. The van der Waals surface area contributed by atoms with E-state index in [9.17, 15) is 9.59 Å². The second kappa shape index (κ2) is 8.48. The summed E-state index contributed by atoms with van der Waals surface area (Å²) in [5, 5.41) is 0. The molecule has 0 radical (unpaired) electrons. The SMILES string of the molecule is CCOC(=O)OC1=C(c2cc(C)ccc2C)C(=O)[C@@]2(CCC[C@@H](COC)C2)C1. The molecule has 2 aliphatic rings. The molecule has 0 amide bonds. The summed E-state index contributed by atoms with van der Waals surface area (Å²) in [6.45, 7) is 6.61. The minimum atomic E-state index is -0.741. The number of carbonyl (C=O) groups excluding carboxylic acids is 2. The minimum absolute atomic E-state index is 0.0984. The van der Waals surface area contributed by atoms with Crippen LogP contribution in [0.25, 0.3) is 5.57 Å². The van der Waals surface area contributed by atoms with E-state index in [1.165, 1.54) is 0 Å². The number of Topliss-reactive ketones (excluding diaryl/α,β-unsaturated/α-hetero) is 1. The zero-order valence-electron chi connectivity index (χ0n) is 17.3. The first-order valence-corrected chi connectivity index (χ1v) is 10.1. The van der Waals surface area contributed by atoms with Crippen LogP contribution in [0.5, 0.6) is 0 Å². The van der Waals surface area contributed by atoms with Crippen molar-refractivity contribution in [3.8, 4) is 0 Å². The van der Waals surface area contributed by atoms with Gasteiger partial charge >= 0.3 is 6.16 Å². The number of ketones is 1. The summed E-state index contributed by atoms with van der Waals surface area (Å²) in [5.74, 6) is 0.904. The van der Waals surface area contributed by atoms with Gasteiger partial charge in [-0.15, -0.1) is 0 Å². The quantitative estimate of drug-likeness (QED) is 0.668. The Morgan fingerprint density at radius 2 is 2.07 bits per heavy atom. The van der Waals surface area contributed by atoms with E-state index in [4.69, 9.17) is 14.2 Å². The van der Waals surface area contributed by atoms with Gasteiger partial charge in [-0.3, -0.25) is 4.79 Å². The van der Waals surface area contributed by atoms with Crippen LogP contribution in [0.3, 0.4) is 0 Å². The Balaban J connectivity index is 2.01. The van der Waals surface area contributed by atoms with Crippen molar-refractivity contribution in [3.63, 3.8) is 0 Å². The molecule has 2 atom stereocenters. The number of aryl methyl sites for hydroxylation is 2. The number of carbonyl (C=O) groups is 2. The summed E-state index contributed by atoms with van der Waals surface area (Å²) in [6.07, 6.45) is 3.34. The van der Waals surface area contributed by atoms with Gasteiger partial charge in [-0.25, -0.2) is 4.79 Å². The lowest BCUT2D eigenvalue weighted by Gasteiger charge is -2.36. The van der Waals surface area contributed by atoms with Crippen LogP contribution in [0.2, 0.25) is 0 Å². The molecule has 28 heavy (non-hydrogen) atoms. The number of hydrogen-bond donors (Lipinski definition) is 0. The molecule has 0 saturated heterocycles. The molecule has 0 aliphatic heterocycles. The van der Waals surface area contributed by atoms with Crippen molar-refractivity contribution in [2.45, 2.75) is 52.9 Å². The van der Waals surface area contributed by atoms with E-state index in [0.29, 0.717) is 30.3 Å². The summed E-state index contributed by atoms with van der Waals surface area (Å²) < 4.78 is 15.9. The van der Waals surface area contributed by atoms with Gasteiger partial charge in [0.1, 0.15) is 5.76 Å². The second-order valence-corrected chi connectivity index (χ2v) is 8.11. The van der Waals surface area contributed by atoms with Crippen LogP contribution in [0, 0.1) is 25.2 Å². The molecule has 1 spiro atoms. The number of methoxy groups -OCH3 is 1. The molecule has 0 aromatic heterocycles. The number of rotatable bonds is 5. The molecule has 1 aromatic rings. The molecule has 2 aliphatic carbocycles. The van der Waals surface area contributed by atoms with E-state index in [1.807, 2.05) is 32.0 Å². The van der Waals surface area contributed by atoms with Gasteiger partial charge in [-0.2, -0.15) is 0 Å². The number of hydrogen-bond acceptors (Lipinski definition) is 5. The van der Waals surface area contributed by atoms with Crippen molar-refractivity contribution in [1.82, 2.24) is 0 Å². The average molecular weight is 386 g/mol. The third kappa shape index (κ3) is 4.00. The Kier molecular flexibility index (Phi) is 6.23. The smallest absolute Gasteiger partial charge is 0.434 e. The van der Waals surface area contributed by atoms with Crippen molar-refractivity contribution in [1.29, 1.82) is 0 Å². The maximum atomic E-state index is 13.7. The fourth-order valence-corrected chi connectivity index (χ4v) is 4.71. The lowest BCUT2D eigenvalue weighted by molar-refractivity contribution is -0.125. The van der Waals surface area contributed by atoms with Gasteiger partial charge in [0.05, 0.1) is 12.2 Å². The Morgan fingerprint density at radius 3 is 2.79 bits per heavy atom. The van der Waals surface area contributed by atoms with Crippen molar-refractivity contribution >= 4 is 17.5 Å². The highest BCUT2D eigenvalue weighted by Gasteiger charge is 2.51. The topological polar surface area (TPSA) is 61.8 Å². The van der Waals surface area contributed by atoms with Gasteiger partial charge in [-0.1, -0.05) is 30.2 Å². The molecule has 1 aromatic carbocycles. The highest BCUT2D eigenvalue weighted by molar-refractivity contribution is 6.26. The zero-order valence-corrected chi connectivity index (χ0v) is 17.3. The summed E-state index contributed by atoms with van der Waals surface area (Å²) in [4.78, 5) is 25.8. The van der Waals surface area contributed by atoms with Gasteiger partial charge in [0.2, 0.25) is 0 Å². The average Bonchev–Trinajstić information content (AvgIpc) is 2.89. The predicted octanol–water partition coefficient (Wildman–Crippen LogP) is 4.98. The molecule has 1 fully saturated rings. The van der Waals surface area contributed by atoms with Crippen LogP contribution in [-0.4, -0.2) is 32.3 Å². The lowest BCUT2D eigenvalue weighted by atomic mass is 9.67. The summed E-state index contributed by atoms with van der Waals surface area (Å²) in [5.41, 5.74) is 2.97. The maximum absolute atomic E-state index is 13.7. The summed E-state index contributed by atoms with van der Waals surface area (Å²) in [6, 6.07) is 6.04. The third-order valence-corrected chi connectivity index (χ3v) is 5.97. The number of benzene rings is 1. The third-order valence-electron chi connectivity index (χ3n) is 5.97. The van der Waals surface area contributed by atoms with Gasteiger partial charge in [-0.05, 0) is 57.1 Å². The summed E-state index contributed by atoms with van der Waals surface area (Å²) in [7, 11) is 1.70. The normalized spacial score (nSPS) is 24.7. The molecule has 0 bridgehead atoms. The first-order chi connectivity index (χ1) is 13.4. The van der Waals surface area contributed by atoms with Crippen LogP contribution in [0.15, 0.2) is 24.0 Å². The van der Waals surface area contributed by atoms with E-state index >= 15 is 0 Å². The van der Waals surface area contributed by atoms with Crippen LogP contribution in [0.1, 0.15) is 55.7 Å². The van der Waals surface area contributed by atoms with Crippen LogP contribution >= 0.6 is 0 Å². The molecule has 3 rings (SSSR count). The molecule has 0 heterocycles. The fourth-order valence-electron chi connectivity index (χ4n) is 4.71. The first-order valence-electron chi connectivity index (χ1n) is 10.1. The van der Waals surface area contributed by atoms with Gasteiger partial charge < -0.3 is 14.2 Å². The molecule has 5 nitrogen and oxygen atoms in total. The van der Waals surface area contributed by atoms with Crippen molar-refractivity contribution in [3.05, 3.63) is 40.6 Å². The maximum Gasteiger partial charge on any atom is 0.513 e. The monoisotopic (exact) mass is 386 g/mol. The van der Waals surface area contributed by atoms with Crippen LogP contribution in [0.4, 0.5) is 4.79 Å². The predicted molar refractivity (Wildman–Crippen MR) is 107 cm³/mol. The Labute approximate surface area is 167 Å². The standard InChI is InChI=1S/C23H30O5/c1-5-27-22(25)28-19-13-23(10-6-7-17(12-23)14-26-4)21(24)20(19)18-11-15(2)8-9-16(18)3/h8-9,11,17H,5-7,10,12-14H2,1-4H3/t17-,23-/m1/s1. The van der Waals surface area contributed by atoms with Crippen molar-refractivity contribution in [2.75, 3.05) is 20.3 Å². The molecular formula is C23H30O5. The van der Waals surface area contributed by atoms with Crippen molar-refractivity contribution in [2.24, 2.45) is 11.3 Å². The van der Waals surface area contributed by atoms with Gasteiger partial charge in [0, 0.05) is 25.6 Å². The molecule has 5 heteroatoms. The van der Waals surface area contributed by atoms with Crippen LogP contribution in [-0.2, 0) is 19.0 Å². The largest absolute Gasteiger partial charge is 0.513 e. The highest BCUT2D eigenvalue weighted by Crippen LogP contribution is 2.53. The highest BCUT2D eigenvalue weighted by atomic mass is 16.7. The number of ether oxygens (including phenoxy) is 3. The van der Waals surface area contributed by atoms with E-state index in [0.717, 1.165) is 42.4 Å². The van der Waals surface area contributed by atoms with Crippen molar-refractivity contribution < 1.29 is 23.8 Å². The van der Waals surface area contributed by atoms with Gasteiger partial charge in [0.25, 0.3) is 0 Å². The Bertz CT molecular complexity index is 792. The van der Waals surface area contributed by atoms with E-state index in [2.05, 4.69) is 0 Å². The van der Waals surface area contributed by atoms with E-state index in [1.54, 1.807) is 14.0 Å². The fraction of sp³-hybridized carbons (Fsp3) is 0.565. The number of allylic oxidation sites excluding steroid dienone is 2. The molecule has 0 unspecified atom stereocenters. The molecule has 152 valence electrons. The van der Waals surface area contributed by atoms with Gasteiger partial charge in [0.15, 0.2) is 5.78 Å². The van der Waals surface area contributed by atoms with Crippen LogP contribution < -0.4 is 0 Å². The first kappa shape index (κ1) is 20.6.